The molecule has 0 aliphatic heterocycles. The first-order valence-electron chi connectivity index (χ1n) is 6.83. The molecule has 1 saturated carbocycles. The molecule has 0 heterocycles. The first kappa shape index (κ1) is 14.5. The van der Waals surface area contributed by atoms with E-state index in [2.05, 4.69) is 10.6 Å². The molecule has 0 spiro atoms. The Hall–Kier alpha value is -1.88. The lowest BCUT2D eigenvalue weighted by Gasteiger charge is -2.26. The van der Waals surface area contributed by atoms with Crippen LogP contribution in [0, 0.1) is 5.92 Å². The maximum absolute atomic E-state index is 11.9. The molecule has 2 rings (SSSR count). The minimum absolute atomic E-state index is 0.145. The Morgan fingerprint density at radius 2 is 1.95 bits per heavy atom. The van der Waals surface area contributed by atoms with Gasteiger partial charge in [0.2, 0.25) is 5.91 Å². The minimum Gasteiger partial charge on any atom is -0.479 e. The van der Waals surface area contributed by atoms with Gasteiger partial charge in [-0.2, -0.15) is 0 Å². The van der Waals surface area contributed by atoms with E-state index >= 15 is 0 Å². The highest BCUT2D eigenvalue weighted by atomic mass is 16.4. The smallest absolute Gasteiger partial charge is 0.333 e. The Morgan fingerprint density at radius 1 is 1.30 bits per heavy atom. The average Bonchev–Trinajstić information content (AvgIpc) is 3.23. The molecule has 1 amide bonds. The summed E-state index contributed by atoms with van der Waals surface area (Å²) in [5.41, 5.74) is -0.845. The lowest BCUT2D eigenvalue weighted by Crippen LogP contribution is -2.51. The molecule has 0 radical (unpaired) electrons. The third-order valence-corrected chi connectivity index (χ3v) is 3.58. The zero-order valence-electron chi connectivity index (χ0n) is 11.6. The van der Waals surface area contributed by atoms with Gasteiger partial charge >= 0.3 is 5.97 Å². The Bertz CT molecular complexity index is 485. The van der Waals surface area contributed by atoms with Crippen LogP contribution in [0.1, 0.15) is 25.3 Å². The Labute approximate surface area is 118 Å². The van der Waals surface area contributed by atoms with Gasteiger partial charge in [0, 0.05) is 0 Å². The fourth-order valence-corrected chi connectivity index (χ4v) is 2.06. The summed E-state index contributed by atoms with van der Waals surface area (Å²) in [5.74, 6) is -0.693. The topological polar surface area (TPSA) is 78.4 Å². The number of hydrogen-bond donors (Lipinski definition) is 3. The van der Waals surface area contributed by atoms with Crippen molar-refractivity contribution in [3.63, 3.8) is 0 Å². The molecule has 1 aliphatic carbocycles. The monoisotopic (exact) mass is 276 g/mol. The van der Waals surface area contributed by atoms with E-state index in [4.69, 9.17) is 0 Å². The van der Waals surface area contributed by atoms with Crippen molar-refractivity contribution in [1.82, 2.24) is 10.6 Å². The van der Waals surface area contributed by atoms with Gasteiger partial charge in [-0.3, -0.25) is 4.79 Å². The van der Waals surface area contributed by atoms with Gasteiger partial charge in [-0.05, 0) is 37.8 Å². The van der Waals surface area contributed by atoms with Crippen molar-refractivity contribution in [2.75, 3.05) is 13.1 Å². The third-order valence-electron chi connectivity index (χ3n) is 3.58. The third kappa shape index (κ3) is 3.57. The average molecular weight is 276 g/mol. The summed E-state index contributed by atoms with van der Waals surface area (Å²) in [5, 5.41) is 15.1. The summed E-state index contributed by atoms with van der Waals surface area (Å²) >= 11 is 0. The maximum atomic E-state index is 11.9. The molecule has 5 nitrogen and oxygen atoms in total. The Balaban J connectivity index is 1.97. The van der Waals surface area contributed by atoms with Gasteiger partial charge < -0.3 is 15.7 Å². The van der Waals surface area contributed by atoms with Crippen molar-refractivity contribution in [3.05, 3.63) is 35.9 Å². The summed E-state index contributed by atoms with van der Waals surface area (Å²) in [6.07, 6.45) is 2.43. The van der Waals surface area contributed by atoms with Crippen molar-refractivity contribution in [3.8, 4) is 0 Å². The van der Waals surface area contributed by atoms with Gasteiger partial charge in [-0.1, -0.05) is 30.3 Å². The van der Waals surface area contributed by atoms with Gasteiger partial charge in [0.15, 0.2) is 5.54 Å². The van der Waals surface area contributed by atoms with Crippen LogP contribution in [0.25, 0.3) is 0 Å². The van der Waals surface area contributed by atoms with Gasteiger partial charge in [0.05, 0.1) is 6.54 Å². The lowest BCUT2D eigenvalue weighted by atomic mass is 9.92. The molecule has 1 atom stereocenters. The SMILES string of the molecule is CC(NC(=O)CNCC1CC1)(C(=O)O)c1ccccc1. The molecule has 1 aromatic rings. The van der Waals surface area contributed by atoms with E-state index < -0.39 is 11.5 Å². The van der Waals surface area contributed by atoms with E-state index in [0.717, 1.165) is 6.54 Å². The molecule has 108 valence electrons. The van der Waals surface area contributed by atoms with Crippen LogP contribution in [-0.4, -0.2) is 30.1 Å². The quantitative estimate of drug-likeness (QED) is 0.697. The standard InChI is InChI=1S/C15H20N2O3/c1-15(14(19)20,12-5-3-2-4-6-12)17-13(18)10-16-9-11-7-8-11/h2-6,11,16H,7-10H2,1H3,(H,17,18)(H,19,20). The lowest BCUT2D eigenvalue weighted by molar-refractivity contribution is -0.147. The van der Waals surface area contributed by atoms with Gasteiger partial charge in [0.25, 0.3) is 0 Å². The second-order valence-electron chi connectivity index (χ2n) is 5.42. The number of carboxylic acid groups (broad SMARTS) is 1. The minimum atomic E-state index is -1.40. The van der Waals surface area contributed by atoms with E-state index in [1.54, 1.807) is 24.3 Å². The largest absolute Gasteiger partial charge is 0.479 e. The fraction of sp³-hybridized carbons (Fsp3) is 0.467. The number of rotatable bonds is 7. The normalized spacial score (nSPS) is 17.2. The number of amides is 1. The van der Waals surface area contributed by atoms with Crippen LogP contribution in [0.5, 0.6) is 0 Å². The molecule has 1 fully saturated rings. The Morgan fingerprint density at radius 3 is 2.50 bits per heavy atom. The zero-order valence-corrected chi connectivity index (χ0v) is 11.6. The second kappa shape index (κ2) is 6.05. The van der Waals surface area contributed by atoms with Crippen LogP contribution >= 0.6 is 0 Å². The summed E-state index contributed by atoms with van der Waals surface area (Å²) in [7, 11) is 0. The van der Waals surface area contributed by atoms with Crippen LogP contribution in [0.2, 0.25) is 0 Å². The van der Waals surface area contributed by atoms with E-state index in [0.29, 0.717) is 11.5 Å². The summed E-state index contributed by atoms with van der Waals surface area (Å²) in [6.45, 7) is 2.47. The number of aliphatic carboxylic acids is 1. The summed E-state index contributed by atoms with van der Waals surface area (Å²) in [4.78, 5) is 23.4. The number of carboxylic acids is 1. The predicted molar refractivity (Wildman–Crippen MR) is 75.2 cm³/mol. The van der Waals surface area contributed by atoms with E-state index in [9.17, 15) is 14.7 Å². The molecule has 20 heavy (non-hydrogen) atoms. The molecule has 0 saturated heterocycles. The highest BCUT2D eigenvalue weighted by molar-refractivity contribution is 5.88. The van der Waals surface area contributed by atoms with Crippen molar-refractivity contribution in [2.45, 2.75) is 25.3 Å². The van der Waals surface area contributed by atoms with Crippen molar-refractivity contribution < 1.29 is 14.7 Å². The number of nitrogens with one attached hydrogen (secondary N) is 2. The van der Waals surface area contributed by atoms with Crippen molar-refractivity contribution in [1.29, 1.82) is 0 Å². The van der Waals surface area contributed by atoms with Crippen LogP contribution in [0.15, 0.2) is 30.3 Å². The highest BCUT2D eigenvalue weighted by Gasteiger charge is 2.36. The van der Waals surface area contributed by atoms with E-state index in [1.165, 1.54) is 19.8 Å². The van der Waals surface area contributed by atoms with Gasteiger partial charge in [0.1, 0.15) is 0 Å². The molecule has 1 unspecified atom stereocenters. The Kier molecular flexibility index (Phi) is 4.39. The van der Waals surface area contributed by atoms with E-state index in [1.807, 2.05) is 6.07 Å². The van der Waals surface area contributed by atoms with Crippen LogP contribution in [-0.2, 0) is 15.1 Å². The van der Waals surface area contributed by atoms with Gasteiger partial charge in [-0.25, -0.2) is 4.79 Å². The number of carbonyl (C=O) groups is 2. The molecule has 1 aromatic carbocycles. The second-order valence-corrected chi connectivity index (χ2v) is 5.42. The molecular weight excluding hydrogens is 256 g/mol. The summed E-state index contributed by atoms with van der Waals surface area (Å²) < 4.78 is 0. The van der Waals surface area contributed by atoms with E-state index in [-0.39, 0.29) is 12.5 Å². The molecule has 0 bridgehead atoms. The van der Waals surface area contributed by atoms with Crippen LogP contribution < -0.4 is 10.6 Å². The predicted octanol–water partition coefficient (Wildman–Crippen LogP) is 1.10. The van der Waals surface area contributed by atoms with Crippen LogP contribution in [0.4, 0.5) is 0 Å². The molecule has 0 aromatic heterocycles. The first-order valence-corrected chi connectivity index (χ1v) is 6.83. The number of benzene rings is 1. The molecule has 3 N–H and O–H groups in total. The molecule has 1 aliphatic rings. The zero-order chi connectivity index (χ0) is 14.6. The van der Waals surface area contributed by atoms with Crippen LogP contribution in [0.3, 0.4) is 0 Å². The maximum Gasteiger partial charge on any atom is 0.333 e. The first-order chi connectivity index (χ1) is 9.52. The number of carbonyl (C=O) groups excluding carboxylic acids is 1. The highest BCUT2D eigenvalue weighted by Crippen LogP contribution is 2.27. The summed E-state index contributed by atoms with van der Waals surface area (Å²) in [6, 6.07) is 8.73. The fourth-order valence-electron chi connectivity index (χ4n) is 2.06. The molecule has 5 heteroatoms. The molecular formula is C15H20N2O3. The van der Waals surface area contributed by atoms with Crippen molar-refractivity contribution >= 4 is 11.9 Å². The van der Waals surface area contributed by atoms with Gasteiger partial charge in [-0.15, -0.1) is 0 Å². The van der Waals surface area contributed by atoms with Crippen molar-refractivity contribution in [2.24, 2.45) is 5.92 Å². The number of hydrogen-bond acceptors (Lipinski definition) is 3.